The summed E-state index contributed by atoms with van der Waals surface area (Å²) in [7, 11) is 1.60. The summed E-state index contributed by atoms with van der Waals surface area (Å²) in [6.07, 6.45) is 4.48. The fraction of sp³-hybridized carbons (Fsp3) is 0.300. The van der Waals surface area contributed by atoms with Gasteiger partial charge in [0.25, 0.3) is 5.91 Å². The molecule has 0 radical (unpaired) electrons. The summed E-state index contributed by atoms with van der Waals surface area (Å²) in [6, 6.07) is 3.78. The van der Waals surface area contributed by atoms with Crippen molar-refractivity contribution in [2.24, 2.45) is 0 Å². The van der Waals surface area contributed by atoms with Gasteiger partial charge in [-0.3, -0.25) is 14.6 Å². The first-order valence-corrected chi connectivity index (χ1v) is 4.33. The molecule has 0 fully saturated rings. The Balaban J connectivity index is 2.41. The fourth-order valence-electron chi connectivity index (χ4n) is 1.04. The monoisotopic (exact) mass is 192 g/mol. The SMILES string of the molecule is CN(CCc1cccnc1)C(=O)C=O. The molecule has 0 aromatic carbocycles. The number of aldehydes is 1. The van der Waals surface area contributed by atoms with Gasteiger partial charge < -0.3 is 4.90 Å². The first-order valence-electron chi connectivity index (χ1n) is 4.33. The minimum absolute atomic E-state index is 0.323. The molecule has 1 aromatic heterocycles. The van der Waals surface area contributed by atoms with Gasteiger partial charge in [-0.15, -0.1) is 0 Å². The molecule has 4 nitrogen and oxygen atoms in total. The summed E-state index contributed by atoms with van der Waals surface area (Å²) in [5.41, 5.74) is 1.05. The summed E-state index contributed by atoms with van der Waals surface area (Å²) >= 11 is 0. The van der Waals surface area contributed by atoms with Crippen molar-refractivity contribution in [3.05, 3.63) is 30.1 Å². The minimum atomic E-state index is -0.492. The predicted molar refractivity (Wildman–Crippen MR) is 51.6 cm³/mol. The quantitative estimate of drug-likeness (QED) is 0.508. The van der Waals surface area contributed by atoms with Crippen molar-refractivity contribution < 1.29 is 9.59 Å². The molecule has 1 rings (SSSR count). The molecule has 4 heteroatoms. The second-order valence-corrected chi connectivity index (χ2v) is 2.99. The van der Waals surface area contributed by atoms with Crippen LogP contribution in [0.15, 0.2) is 24.5 Å². The molecule has 0 aliphatic rings. The van der Waals surface area contributed by atoms with Crippen LogP contribution in [0.1, 0.15) is 5.56 Å². The smallest absolute Gasteiger partial charge is 0.286 e. The lowest BCUT2D eigenvalue weighted by molar-refractivity contribution is -0.137. The van der Waals surface area contributed by atoms with Gasteiger partial charge in [-0.1, -0.05) is 6.07 Å². The van der Waals surface area contributed by atoms with E-state index in [9.17, 15) is 9.59 Å². The van der Waals surface area contributed by atoms with E-state index in [-0.39, 0.29) is 0 Å². The molecule has 1 amide bonds. The topological polar surface area (TPSA) is 50.3 Å². The normalized spacial score (nSPS) is 9.50. The highest BCUT2D eigenvalue weighted by Gasteiger charge is 2.05. The molecule has 74 valence electrons. The third-order valence-electron chi connectivity index (χ3n) is 1.94. The van der Waals surface area contributed by atoms with Crippen molar-refractivity contribution in [1.82, 2.24) is 9.88 Å². The Morgan fingerprint density at radius 3 is 3.00 bits per heavy atom. The highest BCUT2D eigenvalue weighted by Crippen LogP contribution is 1.97. The van der Waals surface area contributed by atoms with Crippen LogP contribution in [0.4, 0.5) is 0 Å². The molecular formula is C10H12N2O2. The van der Waals surface area contributed by atoms with Crippen LogP contribution in [0, 0.1) is 0 Å². The maximum absolute atomic E-state index is 10.9. The summed E-state index contributed by atoms with van der Waals surface area (Å²) in [4.78, 5) is 26.4. The third-order valence-corrected chi connectivity index (χ3v) is 1.94. The molecule has 0 saturated heterocycles. The highest BCUT2D eigenvalue weighted by molar-refractivity contribution is 6.23. The van der Waals surface area contributed by atoms with Crippen LogP contribution in [-0.4, -0.2) is 35.7 Å². The van der Waals surface area contributed by atoms with Gasteiger partial charge in [0.2, 0.25) is 6.29 Å². The molecule has 0 N–H and O–H groups in total. The first-order chi connectivity index (χ1) is 6.74. The number of carbonyl (C=O) groups excluding carboxylic acids is 2. The summed E-state index contributed by atoms with van der Waals surface area (Å²) in [5.74, 6) is -0.492. The number of likely N-dealkylation sites (N-methyl/N-ethyl adjacent to an activating group) is 1. The molecule has 0 atom stereocenters. The lowest BCUT2D eigenvalue weighted by atomic mass is 10.2. The van der Waals surface area contributed by atoms with Crippen molar-refractivity contribution in [2.75, 3.05) is 13.6 Å². The molecular weight excluding hydrogens is 180 g/mol. The number of amides is 1. The Bertz CT molecular complexity index is 311. The van der Waals surface area contributed by atoms with Gasteiger partial charge >= 0.3 is 0 Å². The highest BCUT2D eigenvalue weighted by atomic mass is 16.2. The van der Waals surface area contributed by atoms with Gasteiger partial charge in [-0.05, 0) is 18.1 Å². The molecule has 0 aliphatic heterocycles. The van der Waals surface area contributed by atoms with Crippen molar-refractivity contribution >= 4 is 12.2 Å². The van der Waals surface area contributed by atoms with Gasteiger partial charge in [0.1, 0.15) is 0 Å². The largest absolute Gasteiger partial charge is 0.339 e. The number of aromatic nitrogens is 1. The molecule has 14 heavy (non-hydrogen) atoms. The molecule has 1 aromatic rings. The Morgan fingerprint density at radius 1 is 1.64 bits per heavy atom. The van der Waals surface area contributed by atoms with Crippen molar-refractivity contribution in [3.8, 4) is 0 Å². The Morgan fingerprint density at radius 2 is 2.43 bits per heavy atom. The van der Waals surface area contributed by atoms with E-state index in [0.717, 1.165) is 5.56 Å². The van der Waals surface area contributed by atoms with Crippen LogP contribution >= 0.6 is 0 Å². The van der Waals surface area contributed by atoms with Crippen LogP contribution < -0.4 is 0 Å². The van der Waals surface area contributed by atoms with Crippen molar-refractivity contribution in [1.29, 1.82) is 0 Å². The maximum Gasteiger partial charge on any atom is 0.286 e. The molecule has 1 heterocycles. The van der Waals surface area contributed by atoms with E-state index >= 15 is 0 Å². The summed E-state index contributed by atoms with van der Waals surface area (Å²) < 4.78 is 0. The van der Waals surface area contributed by atoms with Gasteiger partial charge in [-0.25, -0.2) is 0 Å². The number of pyridine rings is 1. The molecule has 0 bridgehead atoms. The zero-order valence-electron chi connectivity index (χ0n) is 8.01. The van der Waals surface area contributed by atoms with Crippen molar-refractivity contribution in [3.63, 3.8) is 0 Å². The number of hydrogen-bond donors (Lipinski definition) is 0. The molecule has 0 saturated carbocycles. The fourth-order valence-corrected chi connectivity index (χ4v) is 1.04. The zero-order chi connectivity index (χ0) is 10.4. The Kier molecular flexibility index (Phi) is 3.79. The number of nitrogens with zero attached hydrogens (tertiary/aromatic N) is 2. The minimum Gasteiger partial charge on any atom is -0.339 e. The lowest BCUT2D eigenvalue weighted by Gasteiger charge is -2.12. The standard InChI is InChI=1S/C10H12N2O2/c1-12(10(14)8-13)6-4-9-3-2-5-11-7-9/h2-3,5,7-8H,4,6H2,1H3. The molecule has 0 aliphatic carbocycles. The van der Waals surface area contributed by atoms with Crippen LogP contribution in [-0.2, 0) is 16.0 Å². The molecule has 0 spiro atoms. The van der Waals surface area contributed by atoms with E-state index in [0.29, 0.717) is 19.3 Å². The van der Waals surface area contributed by atoms with E-state index in [4.69, 9.17) is 0 Å². The van der Waals surface area contributed by atoms with E-state index in [1.807, 2.05) is 12.1 Å². The second kappa shape index (κ2) is 5.11. The van der Waals surface area contributed by atoms with Gasteiger partial charge in [0, 0.05) is 26.0 Å². The van der Waals surface area contributed by atoms with Gasteiger partial charge in [-0.2, -0.15) is 0 Å². The van der Waals surface area contributed by atoms with Gasteiger partial charge in [0.05, 0.1) is 0 Å². The van der Waals surface area contributed by atoms with Gasteiger partial charge in [0.15, 0.2) is 0 Å². The summed E-state index contributed by atoms with van der Waals surface area (Å²) in [5, 5.41) is 0. The average Bonchev–Trinajstić information content (AvgIpc) is 2.26. The lowest BCUT2D eigenvalue weighted by Crippen LogP contribution is -2.29. The van der Waals surface area contributed by atoms with E-state index in [2.05, 4.69) is 4.98 Å². The second-order valence-electron chi connectivity index (χ2n) is 2.99. The number of rotatable bonds is 4. The van der Waals surface area contributed by atoms with E-state index in [1.54, 1.807) is 19.4 Å². The third kappa shape index (κ3) is 2.97. The molecule has 0 unspecified atom stereocenters. The Labute approximate surface area is 82.6 Å². The average molecular weight is 192 g/mol. The number of hydrogen-bond acceptors (Lipinski definition) is 3. The van der Waals surface area contributed by atoms with Crippen LogP contribution in [0.3, 0.4) is 0 Å². The summed E-state index contributed by atoms with van der Waals surface area (Å²) in [6.45, 7) is 0.531. The maximum atomic E-state index is 10.9. The van der Waals surface area contributed by atoms with Crippen LogP contribution in [0.5, 0.6) is 0 Å². The first kappa shape index (κ1) is 10.4. The van der Waals surface area contributed by atoms with Crippen molar-refractivity contribution in [2.45, 2.75) is 6.42 Å². The van der Waals surface area contributed by atoms with Crippen LogP contribution in [0.2, 0.25) is 0 Å². The van der Waals surface area contributed by atoms with E-state index in [1.165, 1.54) is 4.90 Å². The predicted octanol–water partition coefficient (Wildman–Crippen LogP) is 0.281. The van der Waals surface area contributed by atoms with E-state index < -0.39 is 5.91 Å². The Hall–Kier alpha value is -1.71. The number of carbonyl (C=O) groups is 2. The zero-order valence-corrected chi connectivity index (χ0v) is 8.01. The van der Waals surface area contributed by atoms with Crippen LogP contribution in [0.25, 0.3) is 0 Å².